The van der Waals surface area contributed by atoms with Crippen LogP contribution in [0.15, 0.2) is 60.8 Å². The lowest BCUT2D eigenvalue weighted by Crippen LogP contribution is -2.54. The number of rotatable bonds is 18. The SMILES string of the molecule is CC(C)(C)C(c1cc(-c2cc(F)ccc2F)cn1Cc1ccccc1)N(CCC(N)C(=O)NC(CNC(=O)CCNC(=O)CBr)C(=O)O)C(=O)CO. The second-order valence-corrected chi connectivity index (χ2v) is 13.8. The number of carboxylic acids is 1. The van der Waals surface area contributed by atoms with E-state index in [0.717, 1.165) is 23.8 Å². The van der Waals surface area contributed by atoms with Crippen LogP contribution in [0.1, 0.15) is 50.9 Å². The molecule has 0 aliphatic heterocycles. The minimum atomic E-state index is -1.53. The Balaban J connectivity index is 1.86. The van der Waals surface area contributed by atoms with Crippen LogP contribution < -0.4 is 21.7 Å². The van der Waals surface area contributed by atoms with Crippen LogP contribution in [0.25, 0.3) is 11.1 Å². The van der Waals surface area contributed by atoms with Gasteiger partial charge in [-0.05, 0) is 41.7 Å². The quantitative estimate of drug-likeness (QED) is 0.106. The Morgan fingerprint density at radius 2 is 1.69 bits per heavy atom. The summed E-state index contributed by atoms with van der Waals surface area (Å²) in [6, 6.07) is 10.6. The summed E-state index contributed by atoms with van der Waals surface area (Å²) in [7, 11) is 0. The van der Waals surface area contributed by atoms with E-state index in [1.165, 1.54) is 4.90 Å². The number of alkyl halides is 1. The van der Waals surface area contributed by atoms with E-state index in [0.29, 0.717) is 17.8 Å². The van der Waals surface area contributed by atoms with Crippen molar-refractivity contribution in [2.24, 2.45) is 11.1 Å². The van der Waals surface area contributed by atoms with Crippen molar-refractivity contribution in [1.29, 1.82) is 0 Å². The van der Waals surface area contributed by atoms with Gasteiger partial charge >= 0.3 is 5.97 Å². The Morgan fingerprint density at radius 1 is 1.00 bits per heavy atom. The smallest absolute Gasteiger partial charge is 0.328 e. The fourth-order valence-corrected chi connectivity index (χ4v) is 5.85. The zero-order valence-electron chi connectivity index (χ0n) is 29.2. The Morgan fingerprint density at radius 3 is 2.31 bits per heavy atom. The van der Waals surface area contributed by atoms with Crippen molar-refractivity contribution in [1.82, 2.24) is 25.4 Å². The molecule has 0 fully saturated rings. The standard InChI is InChI=1S/C36H45BrF2N6O7/c1-36(2,3)33(29-15-23(25-16-24(38)9-10-26(25)39)20-44(29)19-22-7-5-4-6-8-22)45(32(49)21-46)14-12-27(40)34(50)43-28(35(51)52)18-42-30(47)11-13-41-31(48)17-37/h4-10,15-16,20,27-28,33,46H,11-14,17-19,21,40H2,1-3H3,(H,41,48)(H,42,47)(H,43,50)(H,51,52). The predicted octanol–water partition coefficient (Wildman–Crippen LogP) is 2.69. The summed E-state index contributed by atoms with van der Waals surface area (Å²) in [6.07, 6.45) is 1.40. The molecular weight excluding hydrogens is 746 g/mol. The largest absolute Gasteiger partial charge is 0.480 e. The third kappa shape index (κ3) is 12.0. The number of aliphatic hydroxyl groups is 1. The highest BCUT2D eigenvalue weighted by Crippen LogP contribution is 2.41. The zero-order chi connectivity index (χ0) is 38.6. The van der Waals surface area contributed by atoms with Crippen LogP contribution in [-0.2, 0) is 30.5 Å². The van der Waals surface area contributed by atoms with Crippen LogP contribution in [0, 0.1) is 17.0 Å². The second kappa shape index (κ2) is 19.2. The molecule has 3 rings (SSSR count). The molecule has 3 unspecified atom stereocenters. The summed E-state index contributed by atoms with van der Waals surface area (Å²) in [5.41, 5.74) is 7.29. The average molecular weight is 792 g/mol. The first-order valence-corrected chi connectivity index (χ1v) is 17.7. The molecule has 0 spiro atoms. The lowest BCUT2D eigenvalue weighted by molar-refractivity contribution is -0.142. The first-order valence-electron chi connectivity index (χ1n) is 16.5. The molecule has 7 N–H and O–H groups in total. The fraction of sp³-hybridized carbons (Fsp3) is 0.417. The van der Waals surface area contributed by atoms with Crippen molar-refractivity contribution in [3.05, 3.63) is 83.7 Å². The molecule has 52 heavy (non-hydrogen) atoms. The van der Waals surface area contributed by atoms with E-state index in [1.807, 2.05) is 55.7 Å². The van der Waals surface area contributed by atoms with Gasteiger partial charge in [-0.2, -0.15) is 0 Å². The number of nitrogens with zero attached hydrogens (tertiary/aromatic N) is 2. The molecule has 3 aromatic rings. The van der Waals surface area contributed by atoms with Gasteiger partial charge < -0.3 is 41.4 Å². The molecule has 4 amide bonds. The summed E-state index contributed by atoms with van der Waals surface area (Å²) in [5.74, 6) is -5.11. The van der Waals surface area contributed by atoms with E-state index < -0.39 is 72.0 Å². The van der Waals surface area contributed by atoms with Crippen molar-refractivity contribution >= 4 is 45.5 Å². The van der Waals surface area contributed by atoms with Gasteiger partial charge in [0.1, 0.15) is 24.3 Å². The summed E-state index contributed by atoms with van der Waals surface area (Å²) in [4.78, 5) is 63.2. The predicted molar refractivity (Wildman–Crippen MR) is 193 cm³/mol. The summed E-state index contributed by atoms with van der Waals surface area (Å²) < 4.78 is 31.1. The number of aromatic nitrogens is 1. The van der Waals surface area contributed by atoms with Crippen LogP contribution in [0.2, 0.25) is 0 Å². The lowest BCUT2D eigenvalue weighted by atomic mass is 9.82. The number of carboxylic acid groups (broad SMARTS) is 1. The number of amides is 4. The van der Waals surface area contributed by atoms with Gasteiger partial charge in [0.2, 0.25) is 23.6 Å². The van der Waals surface area contributed by atoms with E-state index >= 15 is 4.39 Å². The van der Waals surface area contributed by atoms with Gasteiger partial charge in [-0.1, -0.05) is 67.0 Å². The number of benzene rings is 2. The minimum Gasteiger partial charge on any atom is -0.480 e. The van der Waals surface area contributed by atoms with Gasteiger partial charge in [-0.25, -0.2) is 13.6 Å². The van der Waals surface area contributed by atoms with Crippen LogP contribution in [-0.4, -0.2) is 92.9 Å². The summed E-state index contributed by atoms with van der Waals surface area (Å²) in [5, 5.41) is 27.0. The van der Waals surface area contributed by atoms with Crippen molar-refractivity contribution in [3.63, 3.8) is 0 Å². The molecular formula is C36H45BrF2N6O7. The number of hydrogen-bond acceptors (Lipinski definition) is 7. The van der Waals surface area contributed by atoms with Crippen LogP contribution in [0.3, 0.4) is 0 Å². The Bertz CT molecular complexity index is 1720. The number of hydrogen-bond donors (Lipinski definition) is 6. The molecule has 13 nitrogen and oxygen atoms in total. The number of nitrogens with two attached hydrogens (primary N) is 1. The molecule has 3 atom stereocenters. The molecule has 16 heteroatoms. The molecule has 0 aliphatic rings. The van der Waals surface area contributed by atoms with Gasteiger partial charge in [0.05, 0.1) is 17.4 Å². The normalized spacial score (nSPS) is 13.1. The molecule has 282 valence electrons. The highest BCUT2D eigenvalue weighted by Gasteiger charge is 2.37. The molecule has 2 aromatic carbocycles. The monoisotopic (exact) mass is 790 g/mol. The van der Waals surface area contributed by atoms with Crippen molar-refractivity contribution in [3.8, 4) is 11.1 Å². The Kier molecular flexibility index (Phi) is 15.5. The molecule has 0 bridgehead atoms. The molecule has 1 heterocycles. The highest BCUT2D eigenvalue weighted by atomic mass is 79.9. The third-order valence-electron chi connectivity index (χ3n) is 8.16. The lowest BCUT2D eigenvalue weighted by Gasteiger charge is -2.41. The molecule has 1 aromatic heterocycles. The number of halogens is 3. The van der Waals surface area contributed by atoms with Crippen molar-refractivity contribution in [2.45, 2.75) is 58.3 Å². The number of aliphatic carboxylic acids is 1. The number of carbonyl (C=O) groups excluding carboxylic acids is 4. The van der Waals surface area contributed by atoms with E-state index in [2.05, 4.69) is 31.9 Å². The Labute approximate surface area is 309 Å². The van der Waals surface area contributed by atoms with Gasteiger partial charge in [0.25, 0.3) is 0 Å². The van der Waals surface area contributed by atoms with E-state index in [9.17, 15) is 38.6 Å². The number of carbonyl (C=O) groups is 5. The van der Waals surface area contributed by atoms with Gasteiger partial charge in [-0.15, -0.1) is 0 Å². The topological polar surface area (TPSA) is 196 Å². The molecule has 0 saturated carbocycles. The van der Waals surface area contributed by atoms with Gasteiger partial charge in [-0.3, -0.25) is 19.2 Å². The van der Waals surface area contributed by atoms with Crippen LogP contribution in [0.4, 0.5) is 8.78 Å². The van der Waals surface area contributed by atoms with E-state index in [4.69, 9.17) is 5.73 Å². The maximum absolute atomic E-state index is 15.0. The Hall–Kier alpha value is -4.67. The molecule has 0 radical (unpaired) electrons. The fourth-order valence-electron chi connectivity index (χ4n) is 5.66. The first kappa shape index (κ1) is 41.7. The highest BCUT2D eigenvalue weighted by molar-refractivity contribution is 9.09. The summed E-state index contributed by atoms with van der Waals surface area (Å²) >= 11 is 2.98. The van der Waals surface area contributed by atoms with Gasteiger partial charge in [0, 0.05) is 55.6 Å². The molecule has 0 aliphatic carbocycles. The maximum Gasteiger partial charge on any atom is 0.328 e. The number of aliphatic hydroxyl groups excluding tert-OH is 1. The van der Waals surface area contributed by atoms with Crippen molar-refractivity contribution in [2.75, 3.05) is 31.6 Å². The maximum atomic E-state index is 15.0. The minimum absolute atomic E-state index is 0.0186. The number of nitrogens with one attached hydrogen (secondary N) is 3. The second-order valence-electron chi connectivity index (χ2n) is 13.2. The van der Waals surface area contributed by atoms with E-state index in [1.54, 1.807) is 12.3 Å². The van der Waals surface area contributed by atoms with Crippen molar-refractivity contribution < 1.29 is 43.0 Å². The molecule has 0 saturated heterocycles. The zero-order valence-corrected chi connectivity index (χ0v) is 30.8. The van der Waals surface area contributed by atoms with Crippen LogP contribution >= 0.6 is 15.9 Å². The summed E-state index contributed by atoms with van der Waals surface area (Å²) in [6.45, 7) is 4.46. The van der Waals surface area contributed by atoms with Crippen LogP contribution in [0.5, 0.6) is 0 Å². The van der Waals surface area contributed by atoms with E-state index in [-0.39, 0.29) is 42.7 Å². The third-order valence-corrected chi connectivity index (χ3v) is 8.67. The first-order chi connectivity index (χ1) is 24.5. The van der Waals surface area contributed by atoms with Gasteiger partial charge in [0.15, 0.2) is 0 Å². The average Bonchev–Trinajstić information content (AvgIpc) is 3.50.